The molecule has 0 atom stereocenters. The summed E-state index contributed by atoms with van der Waals surface area (Å²) in [4.78, 5) is 7.57. The van der Waals surface area contributed by atoms with Crippen LogP contribution in [-0.2, 0) is 16.5 Å². The molecule has 6 heteroatoms. The summed E-state index contributed by atoms with van der Waals surface area (Å²) in [6.07, 6.45) is 1.46. The number of hydrogen-bond acceptors (Lipinski definition) is 5. The monoisotopic (exact) mass is 188 g/mol. The second-order valence-electron chi connectivity index (χ2n) is 2.01. The van der Waals surface area contributed by atoms with E-state index in [1.54, 1.807) is 6.07 Å². The zero-order valence-electron chi connectivity index (χ0n) is 6.43. The Hall–Kier alpha value is -1.17. The highest BCUT2D eigenvalue weighted by molar-refractivity contribution is 7.71. The number of hydrogen-bond donors (Lipinski definition) is 1. The van der Waals surface area contributed by atoms with E-state index in [0.717, 1.165) is 0 Å². The van der Waals surface area contributed by atoms with Crippen molar-refractivity contribution in [3.63, 3.8) is 0 Å². The van der Waals surface area contributed by atoms with E-state index < -0.39 is 10.7 Å². The molecule has 0 spiro atoms. The minimum atomic E-state index is -2.47. The molecule has 0 N–H and O–H groups in total. The normalized spacial score (nSPS) is 10.2. The molecule has 0 fully saturated rings. The Morgan fingerprint density at radius 3 is 2.92 bits per heavy atom. The van der Waals surface area contributed by atoms with E-state index in [1.807, 2.05) is 0 Å². The lowest BCUT2D eigenvalue weighted by atomic mass is 10.6. The topological polar surface area (TPSA) is 69.2 Å². The number of ether oxygens (including phenoxy) is 1. The van der Waals surface area contributed by atoms with Gasteiger partial charge in [0.1, 0.15) is 22.3 Å². The Kier molecular flexibility index (Phi) is 2.98. The summed E-state index contributed by atoms with van der Waals surface area (Å²) in [6.45, 7) is 0. The van der Waals surface area contributed by atoms with Gasteiger partial charge in [-0.1, -0.05) is 0 Å². The van der Waals surface area contributed by atoms with Crippen LogP contribution in [0.25, 0.3) is 0 Å². The molecule has 0 aliphatic carbocycles. The van der Waals surface area contributed by atoms with E-state index in [9.17, 15) is 8.42 Å². The summed E-state index contributed by atoms with van der Waals surface area (Å²) in [5.41, 5.74) is 0. The van der Waals surface area contributed by atoms with Gasteiger partial charge in [-0.25, -0.2) is 13.4 Å². The van der Waals surface area contributed by atoms with E-state index in [1.165, 1.54) is 13.3 Å². The smallest absolute Gasteiger partial charge is 0.216 e. The number of nitrogens with zero attached hydrogens (tertiary/aromatic N) is 2. The van der Waals surface area contributed by atoms with Crippen molar-refractivity contribution in [2.45, 2.75) is 5.75 Å². The molecule has 1 aromatic rings. The molecule has 0 aromatic carbocycles. The van der Waals surface area contributed by atoms with E-state index in [0.29, 0.717) is 5.88 Å². The summed E-state index contributed by atoms with van der Waals surface area (Å²) in [7, 11) is -1.01. The highest BCUT2D eigenvalue weighted by Crippen LogP contribution is 2.03. The molecule has 5 nitrogen and oxygen atoms in total. The third-order valence-electron chi connectivity index (χ3n) is 1.16. The van der Waals surface area contributed by atoms with Gasteiger partial charge in [-0.2, -0.15) is 4.98 Å². The molecule has 0 saturated carbocycles. The van der Waals surface area contributed by atoms with Crippen molar-refractivity contribution >= 4 is 10.7 Å². The molecular weight excluding hydrogens is 180 g/mol. The number of rotatable bonds is 3. The lowest BCUT2D eigenvalue weighted by molar-refractivity contribution is 0.395. The molecule has 0 amide bonds. The van der Waals surface area contributed by atoms with Gasteiger partial charge in [-0.3, -0.25) is 0 Å². The molecule has 12 heavy (non-hydrogen) atoms. The molecule has 0 aliphatic heterocycles. The molecule has 0 unspecified atom stereocenters. The van der Waals surface area contributed by atoms with Crippen molar-refractivity contribution in [1.29, 1.82) is 0 Å². The summed E-state index contributed by atoms with van der Waals surface area (Å²) in [5, 5.41) is 0. The Morgan fingerprint density at radius 2 is 2.33 bits per heavy atom. The fourth-order valence-electron chi connectivity index (χ4n) is 0.686. The first-order valence-corrected chi connectivity index (χ1v) is 4.56. The summed E-state index contributed by atoms with van der Waals surface area (Å²) in [6, 6.07) is 1.56. The van der Waals surface area contributed by atoms with Crippen molar-refractivity contribution in [3.05, 3.63) is 18.1 Å². The molecule has 66 valence electrons. The second-order valence-corrected chi connectivity index (χ2v) is 2.99. The Labute approximate surface area is 71.4 Å². The molecule has 1 rings (SSSR count). The lowest BCUT2D eigenvalue weighted by Crippen LogP contribution is -1.97. The molecule has 1 aromatic heterocycles. The van der Waals surface area contributed by atoms with E-state index in [-0.39, 0.29) is 11.6 Å². The highest BCUT2D eigenvalue weighted by atomic mass is 32.2. The maximum atomic E-state index is 10.3. The first kappa shape index (κ1) is 8.92. The van der Waals surface area contributed by atoms with Gasteiger partial charge in [0.05, 0.1) is 7.11 Å². The van der Waals surface area contributed by atoms with Gasteiger partial charge in [0.15, 0.2) is 0 Å². The Bertz CT molecular complexity index is 329. The van der Waals surface area contributed by atoms with E-state index in [2.05, 4.69) is 9.97 Å². The van der Waals surface area contributed by atoms with Gasteiger partial charge < -0.3 is 4.74 Å². The van der Waals surface area contributed by atoms with Crippen LogP contribution >= 0.6 is 0 Å². The fraction of sp³-hybridized carbons (Fsp3) is 0.333. The molecule has 1 heterocycles. The van der Waals surface area contributed by atoms with Gasteiger partial charge in [0, 0.05) is 12.3 Å². The zero-order valence-corrected chi connectivity index (χ0v) is 7.32. The van der Waals surface area contributed by atoms with Crippen molar-refractivity contribution in [2.24, 2.45) is 0 Å². The number of aromatic nitrogens is 2. The highest BCUT2D eigenvalue weighted by Gasteiger charge is 1.99. The first-order chi connectivity index (χ1) is 5.72. The molecule has 0 saturated heterocycles. The van der Waals surface area contributed by atoms with Crippen LogP contribution < -0.4 is 4.74 Å². The minimum absolute atomic E-state index is 0.146. The van der Waals surface area contributed by atoms with Crippen LogP contribution in [0.3, 0.4) is 0 Å². The van der Waals surface area contributed by atoms with Crippen LogP contribution in [0.4, 0.5) is 0 Å². The van der Waals surface area contributed by atoms with Crippen molar-refractivity contribution in [1.82, 2.24) is 9.97 Å². The van der Waals surface area contributed by atoms with Crippen LogP contribution in [0.2, 0.25) is 0 Å². The largest absolute Gasteiger partial charge is 0.481 e. The fourth-order valence-corrected chi connectivity index (χ4v) is 1.07. The maximum Gasteiger partial charge on any atom is 0.216 e. The summed E-state index contributed by atoms with van der Waals surface area (Å²) >= 11 is 0. The van der Waals surface area contributed by atoms with Crippen LogP contribution in [-0.4, -0.2) is 25.5 Å². The van der Waals surface area contributed by atoms with Crippen molar-refractivity contribution < 1.29 is 13.2 Å². The maximum absolute atomic E-state index is 10.3. The number of methoxy groups -OCH3 is 1. The quantitative estimate of drug-likeness (QED) is 0.653. The number of thiol groups is 1. The second kappa shape index (κ2) is 4.01. The zero-order chi connectivity index (χ0) is 8.97. The van der Waals surface area contributed by atoms with Crippen LogP contribution in [0, 0.1) is 0 Å². The SMILES string of the molecule is COc1ccnc(C[SH](=O)=O)n1. The van der Waals surface area contributed by atoms with Crippen molar-refractivity contribution in [2.75, 3.05) is 7.11 Å². The minimum Gasteiger partial charge on any atom is -0.481 e. The lowest BCUT2D eigenvalue weighted by Gasteiger charge is -1.97. The van der Waals surface area contributed by atoms with Crippen LogP contribution in [0.1, 0.15) is 5.82 Å². The van der Waals surface area contributed by atoms with E-state index >= 15 is 0 Å². The summed E-state index contributed by atoms with van der Waals surface area (Å²) < 4.78 is 25.4. The average molecular weight is 188 g/mol. The van der Waals surface area contributed by atoms with Crippen LogP contribution in [0.15, 0.2) is 12.3 Å². The average Bonchev–Trinajstić information content (AvgIpc) is 2.03. The molecule has 0 bridgehead atoms. The van der Waals surface area contributed by atoms with Crippen LogP contribution in [0.5, 0.6) is 5.88 Å². The first-order valence-electron chi connectivity index (χ1n) is 3.20. The van der Waals surface area contributed by atoms with Gasteiger partial charge in [0.25, 0.3) is 0 Å². The van der Waals surface area contributed by atoms with Gasteiger partial charge in [-0.15, -0.1) is 0 Å². The molecule has 0 radical (unpaired) electrons. The third-order valence-corrected chi connectivity index (χ3v) is 1.70. The third kappa shape index (κ3) is 2.46. The van der Waals surface area contributed by atoms with Gasteiger partial charge in [-0.05, 0) is 0 Å². The standard InChI is InChI=1S/C6H8N2O3S/c1-11-6-2-3-7-5(8-6)4-12(9)10/h2-3,12H,4H2,1H3. The van der Waals surface area contributed by atoms with Gasteiger partial charge in [0.2, 0.25) is 5.88 Å². The van der Waals surface area contributed by atoms with E-state index in [4.69, 9.17) is 4.74 Å². The Balaban J connectivity index is 2.86. The Morgan fingerprint density at radius 1 is 1.58 bits per heavy atom. The predicted molar refractivity (Wildman–Crippen MR) is 42.6 cm³/mol. The summed E-state index contributed by atoms with van der Waals surface area (Å²) in [5.74, 6) is 0.481. The van der Waals surface area contributed by atoms with Gasteiger partial charge >= 0.3 is 0 Å². The van der Waals surface area contributed by atoms with Crippen molar-refractivity contribution in [3.8, 4) is 5.88 Å². The predicted octanol–water partition coefficient (Wildman–Crippen LogP) is -0.403. The molecular formula is C6H8N2O3S. The molecule has 0 aliphatic rings.